The molecule has 1 heterocycles. The minimum absolute atomic E-state index is 0.152. The number of rotatable bonds is 6. The number of ether oxygens (including phenoxy) is 1. The molecule has 1 N–H and O–H groups in total. The van der Waals surface area contributed by atoms with Gasteiger partial charge in [-0.05, 0) is 55.0 Å². The lowest BCUT2D eigenvalue weighted by Gasteiger charge is -2.06. The van der Waals surface area contributed by atoms with Crippen molar-refractivity contribution >= 4 is 39.7 Å². The number of nitrogens with one attached hydrogen (secondary N) is 1. The number of aryl methyl sites for hydroxylation is 1. The molecular formula is C20H16BrClN2O3. The highest BCUT2D eigenvalue weighted by Gasteiger charge is 2.05. The van der Waals surface area contributed by atoms with Gasteiger partial charge in [0.25, 0.3) is 5.91 Å². The number of halogens is 2. The number of benzene rings is 2. The van der Waals surface area contributed by atoms with Crippen molar-refractivity contribution in [2.75, 3.05) is 6.61 Å². The van der Waals surface area contributed by atoms with Crippen LogP contribution in [0.15, 0.2) is 68.6 Å². The summed E-state index contributed by atoms with van der Waals surface area (Å²) in [4.78, 5) is 11.8. The largest absolute Gasteiger partial charge is 0.484 e. The molecular weight excluding hydrogens is 432 g/mol. The van der Waals surface area contributed by atoms with Gasteiger partial charge in [-0.2, -0.15) is 5.10 Å². The minimum atomic E-state index is -0.376. The van der Waals surface area contributed by atoms with Crippen molar-refractivity contribution in [2.45, 2.75) is 6.92 Å². The van der Waals surface area contributed by atoms with E-state index in [1.807, 2.05) is 37.3 Å². The molecule has 0 unspecified atom stereocenters. The van der Waals surface area contributed by atoms with Crippen LogP contribution in [0.3, 0.4) is 0 Å². The van der Waals surface area contributed by atoms with Gasteiger partial charge in [0, 0.05) is 15.1 Å². The Kier molecular flexibility index (Phi) is 6.32. The van der Waals surface area contributed by atoms with E-state index in [0.717, 1.165) is 21.4 Å². The summed E-state index contributed by atoms with van der Waals surface area (Å²) in [5.74, 6) is 1.44. The van der Waals surface area contributed by atoms with E-state index in [1.54, 1.807) is 24.3 Å². The molecule has 0 saturated carbocycles. The molecule has 0 bridgehead atoms. The van der Waals surface area contributed by atoms with Gasteiger partial charge in [-0.25, -0.2) is 5.43 Å². The van der Waals surface area contributed by atoms with Crippen LogP contribution < -0.4 is 10.2 Å². The fourth-order valence-electron chi connectivity index (χ4n) is 2.25. The van der Waals surface area contributed by atoms with Crippen LogP contribution in [0.5, 0.6) is 5.75 Å². The van der Waals surface area contributed by atoms with Crippen LogP contribution in [0.25, 0.3) is 11.3 Å². The van der Waals surface area contributed by atoms with Crippen molar-refractivity contribution in [3.05, 3.63) is 75.4 Å². The third-order valence-corrected chi connectivity index (χ3v) is 4.59. The molecule has 3 aromatic rings. The van der Waals surface area contributed by atoms with Gasteiger partial charge < -0.3 is 9.15 Å². The van der Waals surface area contributed by atoms with Crippen LogP contribution in [-0.2, 0) is 4.79 Å². The molecule has 0 atom stereocenters. The molecule has 3 rings (SSSR count). The second-order valence-electron chi connectivity index (χ2n) is 5.70. The fourth-order valence-corrected chi connectivity index (χ4v) is 2.63. The van der Waals surface area contributed by atoms with Crippen molar-refractivity contribution in [1.29, 1.82) is 0 Å². The van der Waals surface area contributed by atoms with Gasteiger partial charge >= 0.3 is 0 Å². The summed E-state index contributed by atoms with van der Waals surface area (Å²) >= 11 is 9.35. The maximum absolute atomic E-state index is 11.8. The molecule has 27 heavy (non-hydrogen) atoms. The lowest BCUT2D eigenvalue weighted by molar-refractivity contribution is -0.123. The van der Waals surface area contributed by atoms with Gasteiger partial charge in [0.2, 0.25) is 0 Å². The Labute approximate surface area is 170 Å². The van der Waals surface area contributed by atoms with Crippen LogP contribution in [-0.4, -0.2) is 18.7 Å². The van der Waals surface area contributed by atoms with Crippen LogP contribution >= 0.6 is 27.5 Å². The number of nitrogens with zero attached hydrogens (tertiary/aromatic N) is 1. The Morgan fingerprint density at radius 2 is 2.00 bits per heavy atom. The summed E-state index contributed by atoms with van der Waals surface area (Å²) in [6, 6.07) is 16.6. The SMILES string of the molecule is Cc1cc(OCC(=O)NN=Cc2ccc(-c3ccc(Br)cc3)o2)ccc1Cl. The number of hydrogen-bond acceptors (Lipinski definition) is 4. The molecule has 2 aromatic carbocycles. The number of carbonyl (C=O) groups excluding carboxylic acids is 1. The minimum Gasteiger partial charge on any atom is -0.484 e. The van der Waals surface area contributed by atoms with Crippen LogP contribution in [0.1, 0.15) is 11.3 Å². The molecule has 0 spiro atoms. The fraction of sp³-hybridized carbons (Fsp3) is 0.100. The molecule has 1 amide bonds. The van der Waals surface area contributed by atoms with E-state index < -0.39 is 0 Å². The molecule has 0 aliphatic rings. The summed E-state index contributed by atoms with van der Waals surface area (Å²) in [7, 11) is 0. The number of hydrogen-bond donors (Lipinski definition) is 1. The third kappa shape index (κ3) is 5.45. The average Bonchev–Trinajstić information content (AvgIpc) is 3.12. The Morgan fingerprint density at radius 3 is 2.74 bits per heavy atom. The molecule has 138 valence electrons. The molecule has 0 fully saturated rings. The zero-order valence-electron chi connectivity index (χ0n) is 14.4. The van der Waals surface area contributed by atoms with Gasteiger partial charge in [0.15, 0.2) is 6.61 Å². The second kappa shape index (κ2) is 8.88. The summed E-state index contributed by atoms with van der Waals surface area (Å²) in [6.45, 7) is 1.71. The van der Waals surface area contributed by atoms with Crippen molar-refractivity contribution in [1.82, 2.24) is 5.43 Å². The Balaban J connectivity index is 1.50. The van der Waals surface area contributed by atoms with Crippen molar-refractivity contribution in [3.63, 3.8) is 0 Å². The van der Waals surface area contributed by atoms with E-state index >= 15 is 0 Å². The van der Waals surface area contributed by atoms with Crippen LogP contribution in [0.4, 0.5) is 0 Å². The van der Waals surface area contributed by atoms with Gasteiger partial charge in [-0.1, -0.05) is 39.7 Å². The first-order valence-electron chi connectivity index (χ1n) is 8.08. The highest BCUT2D eigenvalue weighted by Crippen LogP contribution is 2.23. The first-order valence-corrected chi connectivity index (χ1v) is 9.25. The number of carbonyl (C=O) groups is 1. The van der Waals surface area contributed by atoms with E-state index in [-0.39, 0.29) is 12.5 Å². The van der Waals surface area contributed by atoms with Crippen molar-refractivity contribution in [3.8, 4) is 17.1 Å². The smallest absolute Gasteiger partial charge is 0.277 e. The van der Waals surface area contributed by atoms with Gasteiger partial charge in [-0.3, -0.25) is 4.79 Å². The molecule has 0 saturated heterocycles. The predicted octanol–water partition coefficient (Wildman–Crippen LogP) is 5.20. The second-order valence-corrected chi connectivity index (χ2v) is 7.02. The summed E-state index contributed by atoms with van der Waals surface area (Å²) in [5.41, 5.74) is 4.23. The molecule has 0 radical (unpaired) electrons. The van der Waals surface area contributed by atoms with Gasteiger partial charge in [0.05, 0.1) is 6.21 Å². The maximum Gasteiger partial charge on any atom is 0.277 e. The molecule has 7 heteroatoms. The monoisotopic (exact) mass is 446 g/mol. The number of furan rings is 1. The Morgan fingerprint density at radius 1 is 1.22 bits per heavy atom. The Bertz CT molecular complexity index is 968. The van der Waals surface area contributed by atoms with E-state index in [1.165, 1.54) is 6.21 Å². The lowest BCUT2D eigenvalue weighted by atomic mass is 10.2. The van der Waals surface area contributed by atoms with Gasteiger partial charge in [-0.15, -0.1) is 0 Å². The van der Waals surface area contributed by atoms with Crippen molar-refractivity contribution < 1.29 is 13.9 Å². The van der Waals surface area contributed by atoms with Crippen molar-refractivity contribution in [2.24, 2.45) is 5.10 Å². The van der Waals surface area contributed by atoms with E-state index in [4.69, 9.17) is 20.8 Å². The highest BCUT2D eigenvalue weighted by atomic mass is 79.9. The molecule has 0 aliphatic heterocycles. The number of amides is 1. The summed E-state index contributed by atoms with van der Waals surface area (Å²) < 4.78 is 12.1. The first-order chi connectivity index (χ1) is 13.0. The quantitative estimate of drug-likeness (QED) is 0.417. The summed E-state index contributed by atoms with van der Waals surface area (Å²) in [5, 5.41) is 4.53. The molecule has 1 aromatic heterocycles. The molecule has 5 nitrogen and oxygen atoms in total. The summed E-state index contributed by atoms with van der Waals surface area (Å²) in [6.07, 6.45) is 1.44. The van der Waals surface area contributed by atoms with E-state index in [2.05, 4.69) is 26.5 Å². The zero-order valence-corrected chi connectivity index (χ0v) is 16.8. The zero-order chi connectivity index (χ0) is 19.2. The number of hydrazone groups is 1. The lowest BCUT2D eigenvalue weighted by Crippen LogP contribution is -2.24. The predicted molar refractivity (Wildman–Crippen MR) is 109 cm³/mol. The highest BCUT2D eigenvalue weighted by molar-refractivity contribution is 9.10. The first kappa shape index (κ1) is 19.2. The topological polar surface area (TPSA) is 63.8 Å². The normalized spacial score (nSPS) is 10.9. The standard InChI is InChI=1S/C20H16BrClN2O3/c1-13-10-16(6-8-18(13)22)26-12-20(25)24-23-11-17-7-9-19(27-17)14-2-4-15(21)5-3-14/h2-11H,12H2,1H3,(H,24,25). The Hall–Kier alpha value is -2.57. The van der Waals surface area contributed by atoms with Gasteiger partial charge in [0.1, 0.15) is 17.3 Å². The maximum atomic E-state index is 11.8. The van der Waals surface area contributed by atoms with E-state index in [9.17, 15) is 4.79 Å². The third-order valence-electron chi connectivity index (χ3n) is 3.64. The van der Waals surface area contributed by atoms with Crippen LogP contribution in [0.2, 0.25) is 5.02 Å². The van der Waals surface area contributed by atoms with E-state index in [0.29, 0.717) is 16.5 Å². The van der Waals surface area contributed by atoms with Crippen LogP contribution in [0, 0.1) is 6.92 Å². The average molecular weight is 448 g/mol. The molecule has 0 aliphatic carbocycles.